The van der Waals surface area contributed by atoms with E-state index in [0.717, 1.165) is 17.5 Å². The molecule has 1 aliphatic carbocycles. The van der Waals surface area contributed by atoms with Crippen molar-refractivity contribution in [3.8, 4) is 0 Å². The van der Waals surface area contributed by atoms with Crippen LogP contribution in [0.5, 0.6) is 0 Å². The van der Waals surface area contributed by atoms with Crippen LogP contribution in [0.1, 0.15) is 48.2 Å². The number of carbonyl (C=O) groups excluding carboxylic acids is 2. The van der Waals surface area contributed by atoms with Crippen molar-refractivity contribution in [2.24, 2.45) is 29.6 Å². The summed E-state index contributed by atoms with van der Waals surface area (Å²) in [5.74, 6) is -0.761. The van der Waals surface area contributed by atoms with Gasteiger partial charge in [0.15, 0.2) is 6.29 Å². The lowest BCUT2D eigenvalue weighted by Gasteiger charge is -2.31. The molecule has 1 amide bonds. The van der Waals surface area contributed by atoms with E-state index < -0.39 is 28.0 Å². The van der Waals surface area contributed by atoms with Crippen LogP contribution in [0.3, 0.4) is 0 Å². The highest BCUT2D eigenvalue weighted by Gasteiger charge is 2.56. The van der Waals surface area contributed by atoms with Gasteiger partial charge in [0.25, 0.3) is 5.91 Å². The van der Waals surface area contributed by atoms with E-state index in [2.05, 4.69) is 0 Å². The molecule has 2 bridgehead atoms. The van der Waals surface area contributed by atoms with E-state index in [-0.39, 0.29) is 66.4 Å². The molecule has 6 rings (SSSR count). The Labute approximate surface area is 259 Å². The van der Waals surface area contributed by atoms with Crippen molar-refractivity contribution in [2.45, 2.75) is 63.0 Å². The number of hydrogen-bond donors (Lipinski definition) is 1. The number of nitrogens with zero attached hydrogens (tertiary/aromatic N) is 2. The number of fused-ring (bicyclic) bond motifs is 2. The van der Waals surface area contributed by atoms with E-state index >= 15 is 0 Å². The topological polar surface area (TPSA) is 123 Å². The van der Waals surface area contributed by atoms with E-state index in [4.69, 9.17) is 14.2 Å². The molecular weight excluding hydrogens is 584 g/mol. The van der Waals surface area contributed by atoms with Crippen LogP contribution >= 0.6 is 0 Å². The van der Waals surface area contributed by atoms with Crippen LogP contribution in [0, 0.1) is 29.6 Å². The van der Waals surface area contributed by atoms with Crippen LogP contribution in [-0.4, -0.2) is 86.5 Å². The Morgan fingerprint density at radius 2 is 1.84 bits per heavy atom. The summed E-state index contributed by atoms with van der Waals surface area (Å²) in [6.45, 7) is 5.23. The standard InChI is InChI=1S/C33H42N2O8S/c1-20(2)15-35(44(39,40)25-10-9-22-16-34(3)32(38)26(22)14-25)17-29(36)23(11-21-7-5-4-6-8-21)13-30(37)43-31-24-12-27-28(31)19-42-33(27)41-18-24/h4-10,14,20,23-24,27-29,31,33,36H,11-13,15-19H2,1-3H3/t23-,24-,27?,28?,29-,31?,33?/m1/s1. The average molecular weight is 627 g/mol. The van der Waals surface area contributed by atoms with Gasteiger partial charge in [-0.25, -0.2) is 8.42 Å². The third-order valence-electron chi connectivity index (χ3n) is 9.53. The fourth-order valence-electron chi connectivity index (χ4n) is 7.30. The van der Waals surface area contributed by atoms with Crippen molar-refractivity contribution >= 4 is 21.9 Å². The molecule has 0 aromatic heterocycles. The van der Waals surface area contributed by atoms with Gasteiger partial charge in [0.1, 0.15) is 6.10 Å². The first-order chi connectivity index (χ1) is 21.0. The molecule has 3 heterocycles. The van der Waals surface area contributed by atoms with Gasteiger partial charge in [-0.3, -0.25) is 9.59 Å². The number of carbonyl (C=O) groups is 2. The Hall–Kier alpha value is -2.83. The van der Waals surface area contributed by atoms with Gasteiger partial charge in [-0.15, -0.1) is 0 Å². The maximum atomic E-state index is 14.0. The minimum atomic E-state index is -4.06. The van der Waals surface area contributed by atoms with Crippen molar-refractivity contribution in [1.82, 2.24) is 9.21 Å². The number of aliphatic hydroxyl groups is 1. The molecular formula is C33H42N2O8S. The summed E-state index contributed by atoms with van der Waals surface area (Å²) in [4.78, 5) is 27.6. The Bertz CT molecular complexity index is 1480. The monoisotopic (exact) mass is 626 g/mol. The molecule has 2 aromatic rings. The molecule has 0 spiro atoms. The summed E-state index contributed by atoms with van der Waals surface area (Å²) in [5, 5.41) is 11.6. The lowest BCUT2D eigenvalue weighted by atomic mass is 9.90. The molecule has 1 N–H and O–H groups in total. The molecule has 44 heavy (non-hydrogen) atoms. The van der Waals surface area contributed by atoms with Gasteiger partial charge in [0.05, 0.1) is 30.6 Å². The molecule has 2 saturated heterocycles. The summed E-state index contributed by atoms with van der Waals surface area (Å²) in [5.41, 5.74) is 2.09. The molecule has 1 saturated carbocycles. The van der Waals surface area contributed by atoms with Crippen LogP contribution in [0.25, 0.3) is 0 Å². The molecule has 11 heteroatoms. The zero-order chi connectivity index (χ0) is 31.2. The number of rotatable bonds is 12. The molecule has 10 nitrogen and oxygen atoms in total. The van der Waals surface area contributed by atoms with E-state index in [1.54, 1.807) is 18.0 Å². The summed E-state index contributed by atoms with van der Waals surface area (Å²) in [7, 11) is -2.38. The maximum Gasteiger partial charge on any atom is 0.306 e. The third-order valence-corrected chi connectivity index (χ3v) is 11.4. The molecule has 3 aliphatic heterocycles. The van der Waals surface area contributed by atoms with E-state index in [0.29, 0.717) is 31.7 Å². The first-order valence-corrected chi connectivity index (χ1v) is 17.0. The Balaban J connectivity index is 1.21. The first-order valence-electron chi connectivity index (χ1n) is 15.5. The molecule has 3 fully saturated rings. The second-order valence-electron chi connectivity index (χ2n) is 13.2. The summed E-state index contributed by atoms with van der Waals surface area (Å²) in [6.07, 6.45) is -0.419. The fourth-order valence-corrected chi connectivity index (χ4v) is 8.94. The normalized spacial score (nSPS) is 27.2. The van der Waals surface area contributed by atoms with Crippen molar-refractivity contribution in [1.29, 1.82) is 0 Å². The number of sulfonamides is 1. The number of hydrogen-bond acceptors (Lipinski definition) is 8. The van der Waals surface area contributed by atoms with Gasteiger partial charge in [0.2, 0.25) is 10.0 Å². The third kappa shape index (κ3) is 6.17. The van der Waals surface area contributed by atoms with E-state index in [1.807, 2.05) is 44.2 Å². The first kappa shape index (κ1) is 31.2. The smallest absolute Gasteiger partial charge is 0.306 e. The molecule has 238 valence electrons. The SMILES string of the molecule is CC(C)CN(C[C@@H](O)[C@@H](CC(=O)OC1C2COC3OC[C@H]1CC32)Cc1ccccc1)S(=O)(=O)c1ccc2c(c1)C(=O)N(C)C2. The predicted octanol–water partition coefficient (Wildman–Crippen LogP) is 3.08. The van der Waals surface area contributed by atoms with Crippen LogP contribution in [0.2, 0.25) is 0 Å². The van der Waals surface area contributed by atoms with E-state index in [9.17, 15) is 23.1 Å². The minimum absolute atomic E-state index is 0.0124. The molecule has 4 aliphatic rings. The highest BCUT2D eigenvalue weighted by atomic mass is 32.2. The average Bonchev–Trinajstić information content (AvgIpc) is 3.62. The molecule has 4 unspecified atom stereocenters. The number of ether oxygens (including phenoxy) is 3. The van der Waals surface area contributed by atoms with Gasteiger partial charge < -0.3 is 24.2 Å². The Morgan fingerprint density at radius 1 is 1.09 bits per heavy atom. The van der Waals surface area contributed by atoms with Gasteiger partial charge >= 0.3 is 5.97 Å². The van der Waals surface area contributed by atoms with Gasteiger partial charge in [-0.05, 0) is 42.0 Å². The number of benzene rings is 2. The predicted molar refractivity (Wildman–Crippen MR) is 161 cm³/mol. The Morgan fingerprint density at radius 3 is 2.59 bits per heavy atom. The molecule has 7 atom stereocenters. The summed E-state index contributed by atoms with van der Waals surface area (Å²) < 4.78 is 46.9. The van der Waals surface area contributed by atoms with Crippen molar-refractivity contribution in [2.75, 3.05) is 33.4 Å². The summed E-state index contributed by atoms with van der Waals surface area (Å²) in [6, 6.07) is 14.2. The second kappa shape index (κ2) is 12.5. The maximum absolute atomic E-state index is 14.0. The van der Waals surface area contributed by atoms with Crippen LogP contribution < -0.4 is 0 Å². The lowest BCUT2D eigenvalue weighted by Crippen LogP contribution is -2.43. The van der Waals surface area contributed by atoms with Gasteiger partial charge in [0, 0.05) is 55.9 Å². The zero-order valence-electron chi connectivity index (χ0n) is 25.5. The van der Waals surface area contributed by atoms with Crippen LogP contribution in [-0.2, 0) is 42.0 Å². The highest BCUT2D eigenvalue weighted by molar-refractivity contribution is 7.89. The van der Waals surface area contributed by atoms with E-state index in [1.165, 1.54) is 16.4 Å². The van der Waals surface area contributed by atoms with Crippen molar-refractivity contribution in [3.05, 3.63) is 65.2 Å². The van der Waals surface area contributed by atoms with Gasteiger partial charge in [-0.1, -0.05) is 50.2 Å². The molecule has 2 aromatic carbocycles. The molecule has 0 radical (unpaired) electrons. The zero-order valence-corrected chi connectivity index (χ0v) is 26.3. The Kier molecular flexibility index (Phi) is 8.87. The largest absolute Gasteiger partial charge is 0.462 e. The fraction of sp³-hybridized carbons (Fsp3) is 0.576. The van der Waals surface area contributed by atoms with Crippen molar-refractivity contribution in [3.63, 3.8) is 0 Å². The lowest BCUT2D eigenvalue weighted by molar-refractivity contribution is -0.178. The minimum Gasteiger partial charge on any atom is -0.462 e. The van der Waals surface area contributed by atoms with Crippen LogP contribution in [0.4, 0.5) is 0 Å². The number of amides is 1. The number of esters is 1. The second-order valence-corrected chi connectivity index (χ2v) is 15.2. The summed E-state index contributed by atoms with van der Waals surface area (Å²) >= 11 is 0. The number of aliphatic hydroxyl groups excluding tert-OH is 1. The van der Waals surface area contributed by atoms with Gasteiger partial charge in [-0.2, -0.15) is 4.31 Å². The van der Waals surface area contributed by atoms with Crippen molar-refractivity contribution < 1.29 is 37.3 Å². The quantitative estimate of drug-likeness (QED) is 0.357. The highest BCUT2D eigenvalue weighted by Crippen LogP contribution is 2.49. The van der Waals surface area contributed by atoms with Crippen LogP contribution in [0.15, 0.2) is 53.4 Å².